The van der Waals surface area contributed by atoms with Gasteiger partial charge in [-0.25, -0.2) is 4.39 Å². The van der Waals surface area contributed by atoms with Crippen LogP contribution in [0.5, 0.6) is 0 Å². The molecule has 0 spiro atoms. The Bertz CT molecular complexity index is 816. The van der Waals surface area contributed by atoms with Crippen molar-refractivity contribution in [3.05, 3.63) is 53.1 Å². The van der Waals surface area contributed by atoms with Crippen LogP contribution in [0.25, 0.3) is 0 Å². The first-order valence-corrected chi connectivity index (χ1v) is 8.45. The molecule has 1 saturated carbocycles. The molecule has 2 heterocycles. The van der Waals surface area contributed by atoms with Crippen molar-refractivity contribution in [3.8, 4) is 0 Å². The van der Waals surface area contributed by atoms with Crippen molar-refractivity contribution < 1.29 is 19.4 Å². The molecule has 1 aliphatic heterocycles. The van der Waals surface area contributed by atoms with Gasteiger partial charge in [0.2, 0.25) is 5.91 Å². The van der Waals surface area contributed by atoms with Crippen LogP contribution in [0.3, 0.4) is 0 Å². The van der Waals surface area contributed by atoms with Crippen molar-refractivity contribution in [3.63, 3.8) is 0 Å². The first-order chi connectivity index (χ1) is 12.0. The Morgan fingerprint density at radius 1 is 1.32 bits per heavy atom. The summed E-state index contributed by atoms with van der Waals surface area (Å²) in [5.74, 6) is -0.377. The minimum absolute atomic E-state index is 0.0469. The fourth-order valence-electron chi connectivity index (χ4n) is 3.59. The zero-order chi connectivity index (χ0) is 17.6. The van der Waals surface area contributed by atoms with E-state index in [1.165, 1.54) is 6.07 Å². The average Bonchev–Trinajstić information content (AvgIpc) is 3.32. The molecule has 1 aromatic carbocycles. The fraction of sp³-hybridized carbons (Fsp3) is 0.444. The molecule has 1 aliphatic carbocycles. The highest BCUT2D eigenvalue weighted by molar-refractivity contribution is 5.91. The molecule has 1 aromatic heterocycles. The fourth-order valence-corrected chi connectivity index (χ4v) is 3.59. The molecule has 25 heavy (non-hydrogen) atoms. The summed E-state index contributed by atoms with van der Waals surface area (Å²) in [4.78, 5) is 14.8. The van der Waals surface area contributed by atoms with Crippen molar-refractivity contribution in [2.75, 3.05) is 13.2 Å². The Hall–Kier alpha value is -2.25. The Morgan fingerprint density at radius 3 is 2.76 bits per heavy atom. The summed E-state index contributed by atoms with van der Waals surface area (Å²) >= 11 is 0. The predicted molar refractivity (Wildman–Crippen MR) is 87.0 cm³/mol. The molecule has 6 nitrogen and oxygen atoms in total. The van der Waals surface area contributed by atoms with Crippen molar-refractivity contribution in [1.82, 2.24) is 14.7 Å². The third-order valence-corrected chi connectivity index (χ3v) is 5.17. The van der Waals surface area contributed by atoms with Gasteiger partial charge in [0.15, 0.2) is 0 Å². The number of carbonyl (C=O) groups is 1. The minimum atomic E-state index is -1.02. The van der Waals surface area contributed by atoms with Crippen LogP contribution in [0.1, 0.15) is 35.9 Å². The molecule has 4 rings (SSSR count). The van der Waals surface area contributed by atoms with Crippen molar-refractivity contribution in [1.29, 1.82) is 0 Å². The van der Waals surface area contributed by atoms with E-state index in [1.54, 1.807) is 33.8 Å². The lowest BCUT2D eigenvalue weighted by Crippen LogP contribution is -2.44. The average molecular weight is 345 g/mol. The largest absolute Gasteiger partial charge is 0.393 e. The zero-order valence-corrected chi connectivity index (χ0v) is 13.7. The first-order valence-electron chi connectivity index (χ1n) is 8.45. The van der Waals surface area contributed by atoms with Gasteiger partial charge in [-0.1, -0.05) is 18.2 Å². The van der Waals surface area contributed by atoms with Gasteiger partial charge >= 0.3 is 0 Å². The van der Waals surface area contributed by atoms with Gasteiger partial charge in [-0.05, 0) is 25.0 Å². The number of carbonyl (C=O) groups excluding carboxylic acids is 1. The molecular formula is C18H20FN3O3. The molecular weight excluding hydrogens is 325 g/mol. The summed E-state index contributed by atoms with van der Waals surface area (Å²) < 4.78 is 15.9. The van der Waals surface area contributed by atoms with Crippen molar-refractivity contribution in [2.24, 2.45) is 0 Å². The number of aromatic nitrogens is 2. The highest BCUT2D eigenvalue weighted by atomic mass is 19.1. The quantitative estimate of drug-likeness (QED) is 0.870. The van der Waals surface area contributed by atoms with Gasteiger partial charge in [0, 0.05) is 12.1 Å². The van der Waals surface area contributed by atoms with E-state index >= 15 is 0 Å². The molecule has 0 saturated heterocycles. The Labute approximate surface area is 144 Å². The zero-order valence-electron chi connectivity index (χ0n) is 13.7. The van der Waals surface area contributed by atoms with Crippen LogP contribution < -0.4 is 0 Å². The van der Waals surface area contributed by atoms with Crippen LogP contribution in [0, 0.1) is 5.82 Å². The van der Waals surface area contributed by atoms with Crippen LogP contribution in [-0.2, 0) is 23.3 Å². The summed E-state index contributed by atoms with van der Waals surface area (Å²) in [5, 5.41) is 23.1. The van der Waals surface area contributed by atoms with E-state index in [0.29, 0.717) is 43.7 Å². The van der Waals surface area contributed by atoms with Crippen LogP contribution >= 0.6 is 0 Å². The van der Waals surface area contributed by atoms with E-state index in [4.69, 9.17) is 5.11 Å². The second-order valence-electron chi connectivity index (χ2n) is 6.77. The molecule has 0 unspecified atom stereocenters. The molecule has 2 aliphatic rings. The second kappa shape index (κ2) is 5.93. The molecule has 2 aromatic rings. The summed E-state index contributed by atoms with van der Waals surface area (Å²) in [6, 6.07) is 8.20. The summed E-state index contributed by atoms with van der Waals surface area (Å²) in [5.41, 5.74) is 0.963. The van der Waals surface area contributed by atoms with E-state index in [1.807, 2.05) is 0 Å². The topological polar surface area (TPSA) is 78.6 Å². The van der Waals surface area contributed by atoms with Crippen LogP contribution in [-0.4, -0.2) is 44.0 Å². The number of nitrogens with zero attached hydrogens (tertiary/aromatic N) is 3. The molecule has 1 fully saturated rings. The number of hydrogen-bond donors (Lipinski definition) is 2. The SMILES string of the molecule is O=C(N1CCn2nc([C@@H](O)CO)cc2C1)C1(c2ccccc2F)CC1. The number of fused-ring (bicyclic) bond motifs is 1. The number of benzene rings is 1. The molecule has 7 heteroatoms. The van der Waals surface area contributed by atoms with E-state index in [0.717, 1.165) is 5.69 Å². The molecule has 1 amide bonds. The number of aliphatic hydroxyl groups excluding tert-OH is 2. The second-order valence-corrected chi connectivity index (χ2v) is 6.77. The highest BCUT2D eigenvalue weighted by Gasteiger charge is 2.54. The monoisotopic (exact) mass is 345 g/mol. The van der Waals surface area contributed by atoms with Gasteiger partial charge in [0.05, 0.1) is 36.5 Å². The van der Waals surface area contributed by atoms with E-state index in [2.05, 4.69) is 5.10 Å². The normalized spacial score (nSPS) is 19.4. The van der Waals surface area contributed by atoms with Crippen molar-refractivity contribution >= 4 is 5.91 Å². The number of rotatable bonds is 4. The Balaban J connectivity index is 1.57. The molecule has 0 bridgehead atoms. The maximum absolute atomic E-state index is 14.2. The summed E-state index contributed by atoms with van der Waals surface area (Å²) in [6.07, 6.45) is 0.309. The van der Waals surface area contributed by atoms with Gasteiger partial charge in [0.25, 0.3) is 0 Å². The molecule has 1 atom stereocenters. The van der Waals surface area contributed by atoms with E-state index in [-0.39, 0.29) is 11.7 Å². The number of hydrogen-bond acceptors (Lipinski definition) is 4. The van der Waals surface area contributed by atoms with Gasteiger partial charge in [-0.2, -0.15) is 5.10 Å². The summed E-state index contributed by atoms with van der Waals surface area (Å²) in [7, 11) is 0. The number of aliphatic hydroxyl groups is 2. The Morgan fingerprint density at radius 2 is 2.08 bits per heavy atom. The lowest BCUT2D eigenvalue weighted by atomic mass is 9.93. The summed E-state index contributed by atoms with van der Waals surface area (Å²) in [6.45, 7) is 1.00. The van der Waals surface area contributed by atoms with Crippen LogP contribution in [0.15, 0.2) is 30.3 Å². The third-order valence-electron chi connectivity index (χ3n) is 5.17. The van der Waals surface area contributed by atoms with Gasteiger partial charge in [-0.15, -0.1) is 0 Å². The van der Waals surface area contributed by atoms with Gasteiger partial charge in [-0.3, -0.25) is 9.48 Å². The Kier molecular flexibility index (Phi) is 3.85. The first kappa shape index (κ1) is 16.2. The van der Waals surface area contributed by atoms with Crippen LogP contribution in [0.4, 0.5) is 4.39 Å². The maximum Gasteiger partial charge on any atom is 0.233 e. The lowest BCUT2D eigenvalue weighted by molar-refractivity contribution is -0.135. The van der Waals surface area contributed by atoms with Gasteiger partial charge < -0.3 is 15.1 Å². The molecule has 2 N–H and O–H groups in total. The van der Waals surface area contributed by atoms with Crippen molar-refractivity contribution in [2.45, 2.75) is 37.5 Å². The maximum atomic E-state index is 14.2. The number of halogens is 1. The standard InChI is InChI=1S/C18H20FN3O3/c19-14-4-2-1-3-13(14)18(5-6-18)17(25)21-7-8-22-12(10-21)9-15(20-22)16(24)11-23/h1-4,9,16,23-24H,5-8,10-11H2/t16-/m0/s1. The highest BCUT2D eigenvalue weighted by Crippen LogP contribution is 2.50. The lowest BCUT2D eigenvalue weighted by Gasteiger charge is -2.31. The predicted octanol–water partition coefficient (Wildman–Crippen LogP) is 1.12. The minimum Gasteiger partial charge on any atom is -0.393 e. The van der Waals surface area contributed by atoms with Crippen LogP contribution in [0.2, 0.25) is 0 Å². The third kappa shape index (κ3) is 2.63. The van der Waals surface area contributed by atoms with E-state index in [9.17, 15) is 14.3 Å². The van der Waals surface area contributed by atoms with Gasteiger partial charge in [0.1, 0.15) is 11.9 Å². The smallest absolute Gasteiger partial charge is 0.233 e. The number of amides is 1. The molecule has 0 radical (unpaired) electrons. The van der Waals surface area contributed by atoms with E-state index < -0.39 is 18.1 Å². The molecule has 132 valence electrons.